The van der Waals surface area contributed by atoms with Crippen LogP contribution in [0.15, 0.2) is 183 Å². The first-order valence-corrected chi connectivity index (χ1v) is 41.6. The minimum atomic E-state index is -1.47. The summed E-state index contributed by atoms with van der Waals surface area (Å²) in [5.41, 5.74) is 11.8. The fraction of sp³-hybridized carbons (Fsp3) is 0.478. The van der Waals surface area contributed by atoms with E-state index in [1.54, 1.807) is 45.6 Å². The molecule has 22 heteroatoms. The predicted molar refractivity (Wildman–Crippen MR) is 486 cm³/mol. The van der Waals surface area contributed by atoms with Gasteiger partial charge in [-0.15, -0.1) is 0 Å². The summed E-state index contributed by atoms with van der Waals surface area (Å²) in [6.45, 7) is 59.5. The van der Waals surface area contributed by atoms with Crippen molar-refractivity contribution in [2.45, 2.75) is 260 Å². The molecule has 0 radical (unpaired) electrons. The van der Waals surface area contributed by atoms with Crippen LogP contribution in [0.3, 0.4) is 0 Å². The van der Waals surface area contributed by atoms with E-state index in [2.05, 4.69) is 277 Å². The van der Waals surface area contributed by atoms with Crippen LogP contribution >= 0.6 is 47.8 Å². The summed E-state index contributed by atoms with van der Waals surface area (Å²) in [5, 5.41) is 17.6. The molecule has 614 valence electrons. The number of ether oxygens (including phenoxy) is 4. The van der Waals surface area contributed by atoms with E-state index in [9.17, 15) is 0 Å². The zero-order valence-corrected chi connectivity index (χ0v) is 78.7. The first kappa shape index (κ1) is 95.5. The third-order valence-electron chi connectivity index (χ3n) is 22.6. The number of para-hydroxylation sites is 4. The van der Waals surface area contributed by atoms with Gasteiger partial charge in [0.25, 0.3) is 0 Å². The highest BCUT2D eigenvalue weighted by atomic mass is 79.9. The number of benzene rings is 8. The van der Waals surface area contributed by atoms with Crippen LogP contribution in [0, 0.1) is 0 Å². The standard InChI is InChI=1S/2C23H31BO3.C17H19BrO.C12H24B2O4.C10H12Br2.C7H9BO3/c2*1-21(2,3)17-13-16(19-11-9-10-12-20(19)25-8)14-18(15-17)24-26-22(4,5)23(6,7)27-24;1-17(2,3)13-9-12(10-14(18)11-13)15-7-5-6-8-16(15)19-4;1-9(2)10(3,4)16-13(15-9)14-17-11(5,6)12(7,8)18-14;1-10(2,3)7-4-8(11)6-9(12)5-7;1-11-7-5-3-2-4-6(7)8(9)10/h2*9-15H,1-8H3;5-11H,1-4H3;1-8H3;4-6H,1-3H3;2-5,9-10H,1H3. The number of hydrogen-bond donors (Lipinski definition) is 2. The molecule has 0 saturated carbocycles. The van der Waals surface area contributed by atoms with Gasteiger partial charge in [0.1, 0.15) is 23.0 Å². The molecule has 0 spiro atoms. The minimum Gasteiger partial charge on any atom is -0.497 e. The lowest BCUT2D eigenvalue weighted by molar-refractivity contribution is 0.00578. The molecule has 4 fully saturated rings. The molecule has 0 unspecified atom stereocenters. The largest absolute Gasteiger partial charge is 0.497 e. The lowest BCUT2D eigenvalue weighted by Gasteiger charge is -2.32. The maximum Gasteiger partial charge on any atom is 0.494 e. The van der Waals surface area contributed by atoms with Gasteiger partial charge in [-0.1, -0.05) is 246 Å². The molecule has 0 amide bonds. The Bertz CT molecular complexity index is 4290. The lowest BCUT2D eigenvalue weighted by Crippen LogP contribution is -2.41. The molecule has 4 aliphatic rings. The molecular weight excluding hydrogens is 1620 g/mol. The molecule has 8 aromatic rings. The number of halogens is 3. The second kappa shape index (κ2) is 36.9. The summed E-state index contributed by atoms with van der Waals surface area (Å²) in [5.74, 6) is 3.12. The average Bonchev–Trinajstić information content (AvgIpc) is 1.60. The number of hydrogen-bond acceptors (Lipinski definition) is 14. The van der Waals surface area contributed by atoms with E-state index in [1.807, 2.05) is 110 Å². The Balaban J connectivity index is 0.000000195. The van der Waals surface area contributed by atoms with Crippen molar-refractivity contribution in [2.75, 3.05) is 28.4 Å². The van der Waals surface area contributed by atoms with Crippen molar-refractivity contribution >= 4 is 99.6 Å². The third-order valence-corrected chi connectivity index (χ3v) is 24.0. The zero-order chi connectivity index (χ0) is 85.7. The van der Waals surface area contributed by atoms with E-state index in [0.717, 1.165) is 69.4 Å². The van der Waals surface area contributed by atoms with Gasteiger partial charge in [-0.25, -0.2) is 0 Å². The van der Waals surface area contributed by atoms with Gasteiger partial charge in [0.2, 0.25) is 0 Å². The summed E-state index contributed by atoms with van der Waals surface area (Å²) in [7, 11) is 3.43. The van der Waals surface area contributed by atoms with Gasteiger partial charge in [0.05, 0.1) is 73.2 Å². The molecule has 4 aliphatic heterocycles. The average molecular weight is 1750 g/mol. The monoisotopic (exact) mass is 1750 g/mol. The molecule has 114 heavy (non-hydrogen) atoms. The van der Waals surface area contributed by atoms with Gasteiger partial charge in [-0.3, -0.25) is 0 Å². The molecule has 4 heterocycles. The summed E-state index contributed by atoms with van der Waals surface area (Å²) in [6.07, 6.45) is 0. The van der Waals surface area contributed by atoms with Crippen LogP contribution in [-0.2, 0) is 58.9 Å². The Morgan fingerprint density at radius 3 is 0.781 bits per heavy atom. The van der Waals surface area contributed by atoms with Gasteiger partial charge >= 0.3 is 35.4 Å². The fourth-order valence-electron chi connectivity index (χ4n) is 12.4. The number of methoxy groups -OCH3 is 4. The Morgan fingerprint density at radius 1 is 0.289 bits per heavy atom. The van der Waals surface area contributed by atoms with Crippen molar-refractivity contribution in [3.63, 3.8) is 0 Å². The van der Waals surface area contributed by atoms with Crippen molar-refractivity contribution in [3.05, 3.63) is 206 Å². The van der Waals surface area contributed by atoms with Gasteiger partial charge in [0, 0.05) is 35.6 Å². The van der Waals surface area contributed by atoms with E-state index in [1.165, 1.54) is 34.9 Å². The predicted octanol–water partition coefficient (Wildman–Crippen LogP) is 21.5. The van der Waals surface area contributed by atoms with E-state index in [4.69, 9.17) is 66.2 Å². The van der Waals surface area contributed by atoms with Gasteiger partial charge < -0.3 is 66.2 Å². The minimum absolute atomic E-state index is 0.0103. The lowest BCUT2D eigenvalue weighted by atomic mass is 9.49. The Morgan fingerprint density at radius 2 is 0.518 bits per heavy atom. The van der Waals surface area contributed by atoms with Crippen molar-refractivity contribution in [1.29, 1.82) is 0 Å². The highest BCUT2D eigenvalue weighted by molar-refractivity contribution is 9.11. The van der Waals surface area contributed by atoms with E-state index < -0.39 is 21.1 Å². The van der Waals surface area contributed by atoms with Gasteiger partial charge in [-0.2, -0.15) is 0 Å². The van der Waals surface area contributed by atoms with Crippen LogP contribution in [-0.4, -0.2) is 119 Å². The summed E-state index contributed by atoms with van der Waals surface area (Å²) >= 11 is 10.6. The molecule has 0 aromatic heterocycles. The van der Waals surface area contributed by atoms with Crippen LogP contribution in [0.5, 0.6) is 23.0 Å². The van der Waals surface area contributed by atoms with Crippen molar-refractivity contribution in [1.82, 2.24) is 0 Å². The van der Waals surface area contributed by atoms with Gasteiger partial charge in [-0.05, 0) is 237 Å². The summed E-state index contributed by atoms with van der Waals surface area (Å²) in [4.78, 5) is 0. The quantitative estimate of drug-likeness (QED) is 0.118. The molecule has 2 N–H and O–H groups in total. The first-order valence-electron chi connectivity index (χ1n) is 39.2. The normalized spacial score (nSPS) is 17.9. The van der Waals surface area contributed by atoms with Crippen LogP contribution in [0.1, 0.15) is 216 Å². The maximum absolute atomic E-state index is 8.81. The summed E-state index contributed by atoms with van der Waals surface area (Å²) in [6, 6.07) is 57.2. The van der Waals surface area contributed by atoms with Crippen molar-refractivity contribution in [3.8, 4) is 56.4 Å². The Kier molecular flexibility index (Phi) is 30.9. The van der Waals surface area contributed by atoms with Crippen LogP contribution in [0.25, 0.3) is 33.4 Å². The molecule has 14 nitrogen and oxygen atoms in total. The van der Waals surface area contributed by atoms with E-state index in [-0.39, 0.29) is 80.7 Å². The fourth-order valence-corrected chi connectivity index (χ4v) is 14.2. The molecule has 0 bridgehead atoms. The number of rotatable bonds is 11. The molecule has 4 saturated heterocycles. The molecule has 0 atom stereocenters. The SMILES string of the molecule is CC(C)(C)c1cc(Br)cc(Br)c1.CC1(C)OB(B2OC(C)(C)C(C)(C)O2)OC1(C)C.COc1ccccc1-c1cc(B2OC(C)(C)C(C)(C)O2)cc(C(C)(C)C)c1.COc1ccccc1-c1cc(B2OC(C)(C)C(C)(C)O2)cc(C(C)(C)C)c1.COc1ccccc1-c1cc(Br)cc(C(C)(C)C)c1.COc1ccccc1B(O)O. The first-order chi connectivity index (χ1) is 52.3. The Hall–Kier alpha value is -5.68. The highest BCUT2D eigenvalue weighted by Crippen LogP contribution is 2.45. The summed E-state index contributed by atoms with van der Waals surface area (Å²) < 4.78 is 74.0. The topological polar surface area (TPSA) is 151 Å². The zero-order valence-electron chi connectivity index (χ0n) is 74.0. The Labute approximate surface area is 711 Å². The molecule has 0 aliphatic carbocycles. The van der Waals surface area contributed by atoms with E-state index >= 15 is 0 Å². The molecule has 8 aromatic carbocycles. The third kappa shape index (κ3) is 23.9. The maximum atomic E-state index is 8.81. The second-order valence-electron chi connectivity index (χ2n) is 37.7. The van der Waals surface area contributed by atoms with Crippen LogP contribution in [0.4, 0.5) is 0 Å². The highest BCUT2D eigenvalue weighted by Gasteiger charge is 2.64. The molecule has 12 rings (SSSR count). The van der Waals surface area contributed by atoms with Crippen LogP contribution in [0.2, 0.25) is 0 Å². The van der Waals surface area contributed by atoms with E-state index in [0.29, 0.717) is 11.2 Å². The second-order valence-corrected chi connectivity index (χ2v) is 40.5. The van der Waals surface area contributed by atoms with Crippen molar-refractivity contribution in [2.24, 2.45) is 0 Å². The molecular formula is C92H126B5Br3O14. The van der Waals surface area contributed by atoms with Gasteiger partial charge in [0.15, 0.2) is 0 Å². The smallest absolute Gasteiger partial charge is 0.494 e. The van der Waals surface area contributed by atoms with Crippen LogP contribution < -0.4 is 35.3 Å². The van der Waals surface area contributed by atoms with Crippen molar-refractivity contribution < 1.29 is 66.2 Å².